The molecule has 0 radical (unpaired) electrons. The van der Waals surface area contributed by atoms with Crippen molar-refractivity contribution in [2.75, 3.05) is 28.4 Å². The van der Waals surface area contributed by atoms with Gasteiger partial charge in [0.1, 0.15) is 0 Å². The number of ether oxygens (including phenoxy) is 4. The predicted molar refractivity (Wildman–Crippen MR) is 73.4 cm³/mol. The van der Waals surface area contributed by atoms with E-state index in [0.29, 0.717) is 0 Å². The summed E-state index contributed by atoms with van der Waals surface area (Å²) in [5.41, 5.74) is 0. The lowest BCUT2D eigenvalue weighted by Crippen LogP contribution is -2.44. The van der Waals surface area contributed by atoms with Gasteiger partial charge >= 0.3 is 23.9 Å². The van der Waals surface area contributed by atoms with Gasteiger partial charge in [-0.1, -0.05) is 13.8 Å². The first-order valence-corrected chi connectivity index (χ1v) is 6.58. The van der Waals surface area contributed by atoms with E-state index < -0.39 is 47.5 Å². The summed E-state index contributed by atoms with van der Waals surface area (Å²) in [6, 6.07) is 0. The van der Waals surface area contributed by atoms with Crippen LogP contribution in [0.1, 0.15) is 13.8 Å². The SMILES string of the molecule is COC(=O)C(C)C(C(=O)OC)C(C(=O)OC)C(C)C(=O)OC. The van der Waals surface area contributed by atoms with Crippen molar-refractivity contribution in [3.8, 4) is 0 Å². The molecule has 0 aliphatic carbocycles. The average molecular weight is 318 g/mol. The fourth-order valence-electron chi connectivity index (χ4n) is 2.26. The third kappa shape index (κ3) is 4.44. The molecule has 0 aromatic heterocycles. The van der Waals surface area contributed by atoms with Crippen molar-refractivity contribution in [2.45, 2.75) is 13.8 Å². The second-order valence-corrected chi connectivity index (χ2v) is 4.72. The quantitative estimate of drug-likeness (QED) is 0.483. The van der Waals surface area contributed by atoms with Crippen molar-refractivity contribution >= 4 is 23.9 Å². The van der Waals surface area contributed by atoms with Gasteiger partial charge in [0.25, 0.3) is 0 Å². The first-order valence-electron chi connectivity index (χ1n) is 6.58. The lowest BCUT2D eigenvalue weighted by atomic mass is 9.75. The van der Waals surface area contributed by atoms with Gasteiger partial charge in [-0.15, -0.1) is 0 Å². The van der Waals surface area contributed by atoms with Crippen molar-refractivity contribution < 1.29 is 38.1 Å². The van der Waals surface area contributed by atoms with E-state index in [2.05, 4.69) is 18.9 Å². The molecule has 0 amide bonds. The Balaban J connectivity index is 5.84. The smallest absolute Gasteiger partial charge is 0.310 e. The van der Waals surface area contributed by atoms with Crippen molar-refractivity contribution in [3.63, 3.8) is 0 Å². The second kappa shape index (κ2) is 9.01. The molecule has 4 unspecified atom stereocenters. The summed E-state index contributed by atoms with van der Waals surface area (Å²) in [5.74, 6) is -7.53. The van der Waals surface area contributed by atoms with Gasteiger partial charge in [0.15, 0.2) is 0 Å². The Morgan fingerprint density at radius 1 is 0.545 bits per heavy atom. The van der Waals surface area contributed by atoms with Crippen LogP contribution in [-0.4, -0.2) is 52.3 Å². The van der Waals surface area contributed by atoms with E-state index in [-0.39, 0.29) is 0 Å². The molecule has 0 aliphatic rings. The Kier molecular flexibility index (Phi) is 8.14. The molecule has 8 nitrogen and oxygen atoms in total. The van der Waals surface area contributed by atoms with Crippen LogP contribution in [0.4, 0.5) is 0 Å². The molecule has 0 N–H and O–H groups in total. The summed E-state index contributed by atoms with van der Waals surface area (Å²) in [6.07, 6.45) is 0. The number of esters is 4. The zero-order valence-corrected chi connectivity index (χ0v) is 13.6. The van der Waals surface area contributed by atoms with E-state index in [1.807, 2.05) is 0 Å². The fourth-order valence-corrected chi connectivity index (χ4v) is 2.26. The minimum Gasteiger partial charge on any atom is -0.469 e. The van der Waals surface area contributed by atoms with Gasteiger partial charge in [-0.05, 0) is 0 Å². The zero-order valence-electron chi connectivity index (χ0n) is 13.6. The third-order valence-corrected chi connectivity index (χ3v) is 3.56. The molecule has 0 aromatic rings. The molecule has 22 heavy (non-hydrogen) atoms. The molecule has 126 valence electrons. The minimum atomic E-state index is -1.24. The van der Waals surface area contributed by atoms with Gasteiger partial charge in [-0.3, -0.25) is 19.2 Å². The van der Waals surface area contributed by atoms with Gasteiger partial charge in [0, 0.05) is 0 Å². The van der Waals surface area contributed by atoms with Crippen LogP contribution in [-0.2, 0) is 38.1 Å². The van der Waals surface area contributed by atoms with Crippen molar-refractivity contribution in [3.05, 3.63) is 0 Å². The topological polar surface area (TPSA) is 105 Å². The van der Waals surface area contributed by atoms with Crippen LogP contribution in [0, 0.1) is 23.7 Å². The predicted octanol–water partition coefficient (Wildman–Crippen LogP) is 0.183. The fraction of sp³-hybridized carbons (Fsp3) is 0.714. The highest BCUT2D eigenvalue weighted by atomic mass is 16.5. The van der Waals surface area contributed by atoms with Crippen LogP contribution in [0.15, 0.2) is 0 Å². The monoisotopic (exact) mass is 318 g/mol. The highest BCUT2D eigenvalue weighted by molar-refractivity contribution is 5.90. The largest absolute Gasteiger partial charge is 0.469 e. The maximum atomic E-state index is 12.1. The lowest BCUT2D eigenvalue weighted by molar-refractivity contribution is -0.171. The summed E-state index contributed by atoms with van der Waals surface area (Å²) in [5, 5.41) is 0. The average Bonchev–Trinajstić information content (AvgIpc) is 2.55. The van der Waals surface area contributed by atoms with E-state index in [1.165, 1.54) is 13.8 Å². The van der Waals surface area contributed by atoms with Gasteiger partial charge in [-0.2, -0.15) is 0 Å². The summed E-state index contributed by atoms with van der Waals surface area (Å²) >= 11 is 0. The third-order valence-electron chi connectivity index (χ3n) is 3.56. The Bertz CT molecular complexity index is 391. The molecule has 0 spiro atoms. The van der Waals surface area contributed by atoms with Crippen molar-refractivity contribution in [1.82, 2.24) is 0 Å². The first-order chi connectivity index (χ1) is 10.3. The molecule has 0 bridgehead atoms. The van der Waals surface area contributed by atoms with E-state index >= 15 is 0 Å². The van der Waals surface area contributed by atoms with Gasteiger partial charge < -0.3 is 18.9 Å². The normalized spacial score (nSPS) is 15.7. The molecule has 0 saturated carbocycles. The van der Waals surface area contributed by atoms with Crippen LogP contribution in [0.25, 0.3) is 0 Å². The molecule has 0 saturated heterocycles. The molecule has 0 heterocycles. The van der Waals surface area contributed by atoms with Crippen LogP contribution in [0.2, 0.25) is 0 Å². The van der Waals surface area contributed by atoms with E-state index in [1.54, 1.807) is 0 Å². The second-order valence-electron chi connectivity index (χ2n) is 4.72. The highest BCUT2D eigenvalue weighted by Gasteiger charge is 2.47. The van der Waals surface area contributed by atoms with E-state index in [9.17, 15) is 19.2 Å². The Morgan fingerprint density at radius 2 is 0.773 bits per heavy atom. The number of carbonyl (C=O) groups excluding carboxylic acids is 4. The lowest BCUT2D eigenvalue weighted by Gasteiger charge is -2.29. The number of hydrogen-bond donors (Lipinski definition) is 0. The van der Waals surface area contributed by atoms with Crippen LogP contribution >= 0.6 is 0 Å². The number of rotatable bonds is 7. The van der Waals surface area contributed by atoms with Gasteiger partial charge in [-0.25, -0.2) is 0 Å². The van der Waals surface area contributed by atoms with E-state index in [0.717, 1.165) is 28.4 Å². The summed E-state index contributed by atoms with van der Waals surface area (Å²) < 4.78 is 18.5. The van der Waals surface area contributed by atoms with Crippen molar-refractivity contribution in [1.29, 1.82) is 0 Å². The van der Waals surface area contributed by atoms with E-state index in [4.69, 9.17) is 0 Å². The highest BCUT2D eigenvalue weighted by Crippen LogP contribution is 2.31. The van der Waals surface area contributed by atoms with Crippen molar-refractivity contribution in [2.24, 2.45) is 23.7 Å². The van der Waals surface area contributed by atoms with Gasteiger partial charge in [0.05, 0.1) is 52.1 Å². The molecule has 0 rings (SSSR count). The standard InChI is InChI=1S/C14H22O8/c1-7(11(15)19-3)9(13(17)21-5)10(14(18)22-6)8(2)12(16)20-4/h7-10H,1-6H3. The van der Waals surface area contributed by atoms with Gasteiger partial charge in [0.2, 0.25) is 0 Å². The Labute approximate surface area is 129 Å². The minimum absolute atomic E-state index is 0.707. The molecule has 4 atom stereocenters. The number of hydrogen-bond acceptors (Lipinski definition) is 8. The summed E-state index contributed by atoms with van der Waals surface area (Å²) in [4.78, 5) is 47.6. The number of carbonyl (C=O) groups is 4. The molecular formula is C14H22O8. The summed E-state index contributed by atoms with van der Waals surface area (Å²) in [7, 11) is 4.56. The molecule has 8 heteroatoms. The zero-order chi connectivity index (χ0) is 17.4. The van der Waals surface area contributed by atoms with Crippen LogP contribution in [0.5, 0.6) is 0 Å². The molecule has 0 fully saturated rings. The van der Waals surface area contributed by atoms with Crippen LogP contribution < -0.4 is 0 Å². The molecule has 0 aliphatic heterocycles. The Morgan fingerprint density at radius 3 is 0.955 bits per heavy atom. The maximum Gasteiger partial charge on any atom is 0.310 e. The Hall–Kier alpha value is -2.12. The first kappa shape index (κ1) is 19.9. The number of methoxy groups -OCH3 is 4. The molecular weight excluding hydrogens is 296 g/mol. The van der Waals surface area contributed by atoms with Crippen LogP contribution in [0.3, 0.4) is 0 Å². The summed E-state index contributed by atoms with van der Waals surface area (Å²) in [6.45, 7) is 2.82. The maximum absolute atomic E-state index is 12.1. The molecule has 0 aromatic carbocycles.